The summed E-state index contributed by atoms with van der Waals surface area (Å²) in [7, 11) is 0. The molecule has 0 saturated heterocycles. The molecule has 2 aliphatic carbocycles. The predicted molar refractivity (Wildman–Crippen MR) is 134 cm³/mol. The molecule has 0 aromatic heterocycles. The molecule has 0 spiro atoms. The highest BCUT2D eigenvalue weighted by molar-refractivity contribution is 5.35. The molecule has 2 aromatic carbocycles. The molecule has 0 radical (unpaired) electrons. The summed E-state index contributed by atoms with van der Waals surface area (Å²) in [5.74, 6) is -4.68. The monoisotopic (exact) mass is 576 g/mol. The van der Waals surface area contributed by atoms with Crippen LogP contribution in [0.15, 0.2) is 42.5 Å². The maximum absolute atomic E-state index is 14.9. The maximum Gasteiger partial charge on any atom is 0.432 e. The standard InChI is InChI=1S/C30H32F8O2/c31-14-2-1-3-18-4-6-19(7-5-18)20-8-10-21(11-9-20)22-15-25(33)28(26(34)16-22)30(37,38)40-23-12-13-27(24(32)17-23)39-29(35)36/h1,3,12-13,15-21,29H,2,4-11,14H2. The zero-order valence-corrected chi connectivity index (χ0v) is 21.8. The number of halogens is 8. The van der Waals surface area contributed by atoms with Crippen molar-refractivity contribution in [2.75, 3.05) is 6.67 Å². The summed E-state index contributed by atoms with van der Waals surface area (Å²) in [6.07, 6.45) is 7.48. The minimum absolute atomic E-state index is 0.166. The molecule has 0 heterocycles. The first-order valence-corrected chi connectivity index (χ1v) is 13.6. The van der Waals surface area contributed by atoms with Crippen LogP contribution in [0.4, 0.5) is 35.1 Å². The lowest BCUT2D eigenvalue weighted by Gasteiger charge is -2.37. The molecule has 0 bridgehead atoms. The Hall–Kier alpha value is -2.78. The smallest absolute Gasteiger partial charge is 0.432 e. The molecule has 0 aliphatic heterocycles. The maximum atomic E-state index is 14.9. The van der Waals surface area contributed by atoms with Crippen LogP contribution in [0.2, 0.25) is 0 Å². The van der Waals surface area contributed by atoms with Crippen molar-refractivity contribution in [1.29, 1.82) is 0 Å². The zero-order valence-electron chi connectivity index (χ0n) is 21.8. The van der Waals surface area contributed by atoms with Crippen molar-refractivity contribution in [3.63, 3.8) is 0 Å². The van der Waals surface area contributed by atoms with Crippen LogP contribution in [0.25, 0.3) is 0 Å². The SMILES string of the molecule is FCCC=CC1CCC(C2CCC(c3cc(F)c(C(F)(F)Oc4ccc(OC(F)F)c(F)c4)c(F)c3)CC2)CC1. The first-order chi connectivity index (χ1) is 19.1. The highest BCUT2D eigenvalue weighted by Gasteiger charge is 2.42. The van der Waals surface area contributed by atoms with Crippen LogP contribution in [0.3, 0.4) is 0 Å². The number of hydrogen-bond acceptors (Lipinski definition) is 2. The highest BCUT2D eigenvalue weighted by Crippen LogP contribution is 2.45. The van der Waals surface area contributed by atoms with E-state index in [9.17, 15) is 35.1 Å². The lowest BCUT2D eigenvalue weighted by atomic mass is 9.68. The molecule has 0 atom stereocenters. The molecule has 2 nitrogen and oxygen atoms in total. The number of alkyl halides is 5. The second kappa shape index (κ2) is 13.3. The summed E-state index contributed by atoms with van der Waals surface area (Å²) in [6.45, 7) is -3.68. The average Bonchev–Trinajstić information content (AvgIpc) is 2.90. The molecule has 0 amide bonds. The van der Waals surface area contributed by atoms with E-state index in [1.807, 2.05) is 6.08 Å². The first kappa shape index (κ1) is 30.2. The summed E-state index contributed by atoms with van der Waals surface area (Å²) < 4.78 is 118. The van der Waals surface area contributed by atoms with Gasteiger partial charge in [0.25, 0.3) is 0 Å². The molecule has 0 N–H and O–H groups in total. The molecule has 2 aliphatic rings. The Labute approximate surface area is 228 Å². The van der Waals surface area contributed by atoms with Crippen LogP contribution in [0, 0.1) is 35.2 Å². The third-order valence-electron chi connectivity index (χ3n) is 8.13. The van der Waals surface area contributed by atoms with Gasteiger partial charge in [-0.15, -0.1) is 0 Å². The third-order valence-corrected chi connectivity index (χ3v) is 8.13. The van der Waals surface area contributed by atoms with E-state index >= 15 is 0 Å². The van der Waals surface area contributed by atoms with Gasteiger partial charge in [0.1, 0.15) is 22.9 Å². The molecule has 2 fully saturated rings. The molecule has 2 saturated carbocycles. The van der Waals surface area contributed by atoms with Crippen LogP contribution < -0.4 is 9.47 Å². The third kappa shape index (κ3) is 7.49. The minimum Gasteiger partial charge on any atom is -0.432 e. The summed E-state index contributed by atoms with van der Waals surface area (Å²) in [5.41, 5.74) is -1.31. The lowest BCUT2D eigenvalue weighted by molar-refractivity contribution is -0.189. The fourth-order valence-electron chi connectivity index (χ4n) is 6.13. The van der Waals surface area contributed by atoms with Gasteiger partial charge in [-0.2, -0.15) is 17.6 Å². The van der Waals surface area contributed by atoms with Gasteiger partial charge >= 0.3 is 12.7 Å². The number of hydrogen-bond donors (Lipinski definition) is 0. The predicted octanol–water partition coefficient (Wildman–Crippen LogP) is 9.83. The van der Waals surface area contributed by atoms with Crippen molar-refractivity contribution in [3.8, 4) is 11.5 Å². The van der Waals surface area contributed by atoms with E-state index in [1.54, 1.807) is 0 Å². The van der Waals surface area contributed by atoms with Gasteiger partial charge in [-0.1, -0.05) is 12.2 Å². The first-order valence-electron chi connectivity index (χ1n) is 13.6. The number of ether oxygens (including phenoxy) is 2. The summed E-state index contributed by atoms with van der Waals surface area (Å²) in [4.78, 5) is 0. The number of allylic oxidation sites excluding steroid dienone is 2. The Balaban J connectivity index is 1.36. The zero-order chi connectivity index (χ0) is 28.9. The van der Waals surface area contributed by atoms with Crippen molar-refractivity contribution >= 4 is 0 Å². The van der Waals surface area contributed by atoms with E-state index in [4.69, 9.17) is 0 Å². The normalized spacial score (nSPS) is 24.0. The molecule has 2 aromatic rings. The van der Waals surface area contributed by atoms with E-state index in [2.05, 4.69) is 15.5 Å². The Morgan fingerprint density at radius 2 is 1.43 bits per heavy atom. The van der Waals surface area contributed by atoms with Gasteiger partial charge in [0.15, 0.2) is 11.6 Å². The second-order valence-electron chi connectivity index (χ2n) is 10.6. The summed E-state index contributed by atoms with van der Waals surface area (Å²) in [6, 6.07) is 3.54. The van der Waals surface area contributed by atoms with Crippen LogP contribution >= 0.6 is 0 Å². The molecule has 220 valence electrons. The molecular formula is C30H32F8O2. The van der Waals surface area contributed by atoms with Crippen molar-refractivity contribution in [3.05, 3.63) is 71.1 Å². The van der Waals surface area contributed by atoms with Gasteiger partial charge in [0, 0.05) is 6.07 Å². The van der Waals surface area contributed by atoms with Crippen LogP contribution in [0.1, 0.15) is 74.8 Å². The van der Waals surface area contributed by atoms with E-state index in [0.717, 1.165) is 56.7 Å². The van der Waals surface area contributed by atoms with Gasteiger partial charge in [-0.25, -0.2) is 13.2 Å². The molecule has 10 heteroatoms. The van der Waals surface area contributed by atoms with Gasteiger partial charge < -0.3 is 9.47 Å². The Kier molecular flexibility index (Phi) is 10.0. The summed E-state index contributed by atoms with van der Waals surface area (Å²) in [5, 5.41) is 0. The second-order valence-corrected chi connectivity index (χ2v) is 10.6. The molecule has 4 rings (SSSR count). The van der Waals surface area contributed by atoms with Gasteiger partial charge in [-0.05, 0) is 111 Å². The Morgan fingerprint density at radius 3 is 1.98 bits per heavy atom. The minimum atomic E-state index is -4.50. The quantitative estimate of drug-likeness (QED) is 0.207. The van der Waals surface area contributed by atoms with E-state index in [0.29, 0.717) is 54.7 Å². The van der Waals surface area contributed by atoms with Gasteiger partial charge in [0.2, 0.25) is 0 Å². The highest BCUT2D eigenvalue weighted by atomic mass is 19.3. The number of rotatable bonds is 10. The fraction of sp³-hybridized carbons (Fsp3) is 0.533. The van der Waals surface area contributed by atoms with E-state index in [1.165, 1.54) is 0 Å². The van der Waals surface area contributed by atoms with Crippen molar-refractivity contribution < 1.29 is 44.6 Å². The van der Waals surface area contributed by atoms with Gasteiger partial charge in [-0.3, -0.25) is 4.39 Å². The fourth-order valence-corrected chi connectivity index (χ4v) is 6.13. The van der Waals surface area contributed by atoms with Crippen molar-refractivity contribution in [2.45, 2.75) is 76.4 Å². The number of benzene rings is 2. The Bertz CT molecular complexity index is 1130. The molecule has 40 heavy (non-hydrogen) atoms. The topological polar surface area (TPSA) is 18.5 Å². The molecule has 0 unspecified atom stereocenters. The van der Waals surface area contributed by atoms with Crippen LogP contribution in [-0.2, 0) is 6.11 Å². The van der Waals surface area contributed by atoms with Gasteiger partial charge in [0.05, 0.1) is 6.67 Å². The van der Waals surface area contributed by atoms with Crippen molar-refractivity contribution in [1.82, 2.24) is 0 Å². The van der Waals surface area contributed by atoms with Crippen molar-refractivity contribution in [2.24, 2.45) is 17.8 Å². The average molecular weight is 577 g/mol. The van der Waals surface area contributed by atoms with Crippen LogP contribution in [-0.4, -0.2) is 13.3 Å². The van der Waals surface area contributed by atoms with E-state index in [-0.39, 0.29) is 12.6 Å². The van der Waals surface area contributed by atoms with Crippen LogP contribution in [0.5, 0.6) is 11.5 Å². The largest absolute Gasteiger partial charge is 0.432 e. The van der Waals surface area contributed by atoms with E-state index < -0.39 is 47.2 Å². The lowest BCUT2D eigenvalue weighted by Crippen LogP contribution is -2.26. The Morgan fingerprint density at radius 1 is 0.825 bits per heavy atom. The molecular weight excluding hydrogens is 544 g/mol. The summed E-state index contributed by atoms with van der Waals surface area (Å²) >= 11 is 0.